The van der Waals surface area contributed by atoms with Crippen molar-refractivity contribution < 1.29 is 5.11 Å². The van der Waals surface area contributed by atoms with Crippen LogP contribution in [0.25, 0.3) is 0 Å². The minimum Gasteiger partial charge on any atom is -0.396 e. The van der Waals surface area contributed by atoms with Gasteiger partial charge in [0, 0.05) is 23.6 Å². The van der Waals surface area contributed by atoms with E-state index in [0.717, 1.165) is 6.42 Å². The van der Waals surface area contributed by atoms with Crippen molar-refractivity contribution in [3.8, 4) is 0 Å². The summed E-state index contributed by atoms with van der Waals surface area (Å²) < 4.78 is 0. The molecule has 0 aliphatic carbocycles. The van der Waals surface area contributed by atoms with Gasteiger partial charge in [0.05, 0.1) is 0 Å². The molecule has 0 saturated carbocycles. The largest absolute Gasteiger partial charge is 0.396 e. The van der Waals surface area contributed by atoms with Crippen LogP contribution < -0.4 is 5.32 Å². The summed E-state index contributed by atoms with van der Waals surface area (Å²) in [4.78, 5) is 1.29. The predicted octanol–water partition coefficient (Wildman–Crippen LogP) is 2.83. The molecule has 0 bridgehead atoms. The molecule has 90 valence electrons. The van der Waals surface area contributed by atoms with Crippen LogP contribution in [-0.2, 0) is 0 Å². The summed E-state index contributed by atoms with van der Waals surface area (Å²) >= 11 is 1.76. The Morgan fingerprint density at radius 1 is 1.25 bits per heavy atom. The summed E-state index contributed by atoms with van der Waals surface area (Å²) in [6, 6.07) is 9.30. The van der Waals surface area contributed by atoms with E-state index >= 15 is 0 Å². The zero-order valence-corrected chi connectivity index (χ0v) is 11.1. The number of nitrogens with one attached hydrogen (secondary N) is 1. The first kappa shape index (κ1) is 13.6. The number of benzene rings is 1. The number of aliphatic hydroxyl groups excluding tert-OH is 1. The molecule has 1 aromatic carbocycles. The van der Waals surface area contributed by atoms with Gasteiger partial charge in [0.2, 0.25) is 0 Å². The third-order valence-corrected chi connectivity index (χ3v) is 3.46. The highest BCUT2D eigenvalue weighted by molar-refractivity contribution is 7.98. The molecule has 0 spiro atoms. The fourth-order valence-electron chi connectivity index (χ4n) is 1.69. The normalized spacial score (nSPS) is 14.8. The first-order valence-corrected chi connectivity index (χ1v) is 6.90. The lowest BCUT2D eigenvalue weighted by Crippen LogP contribution is -2.29. The molecule has 0 amide bonds. The molecule has 0 heterocycles. The first-order valence-electron chi connectivity index (χ1n) is 5.68. The first-order chi connectivity index (χ1) is 7.67. The number of hydrogen-bond donors (Lipinski definition) is 2. The maximum Gasteiger partial charge on any atom is 0.0445 e. The predicted molar refractivity (Wildman–Crippen MR) is 70.9 cm³/mol. The van der Waals surface area contributed by atoms with Gasteiger partial charge in [-0.05, 0) is 44.2 Å². The van der Waals surface area contributed by atoms with Gasteiger partial charge in [0.25, 0.3) is 0 Å². The molecular weight excluding hydrogens is 218 g/mol. The van der Waals surface area contributed by atoms with Gasteiger partial charge in [-0.15, -0.1) is 11.8 Å². The summed E-state index contributed by atoms with van der Waals surface area (Å²) in [5.74, 6) is 0. The molecule has 1 rings (SSSR count). The van der Waals surface area contributed by atoms with Gasteiger partial charge < -0.3 is 10.4 Å². The van der Waals surface area contributed by atoms with Gasteiger partial charge in [-0.3, -0.25) is 0 Å². The van der Waals surface area contributed by atoms with Crippen LogP contribution >= 0.6 is 11.8 Å². The van der Waals surface area contributed by atoms with E-state index in [9.17, 15) is 0 Å². The molecule has 1 unspecified atom stereocenters. The van der Waals surface area contributed by atoms with Crippen molar-refractivity contribution in [2.75, 3.05) is 12.9 Å². The highest BCUT2D eigenvalue weighted by Crippen LogP contribution is 2.19. The van der Waals surface area contributed by atoms with Gasteiger partial charge in [-0.1, -0.05) is 12.1 Å². The molecule has 3 heteroatoms. The Morgan fingerprint density at radius 2 is 1.88 bits per heavy atom. The number of thioether (sulfide) groups is 1. The Bertz CT molecular complexity index is 299. The van der Waals surface area contributed by atoms with Crippen molar-refractivity contribution in [2.45, 2.75) is 37.2 Å². The van der Waals surface area contributed by atoms with Crippen LogP contribution in [0.3, 0.4) is 0 Å². The summed E-state index contributed by atoms with van der Waals surface area (Å²) in [5.41, 5.74) is 1.29. The van der Waals surface area contributed by atoms with E-state index in [1.807, 2.05) is 0 Å². The summed E-state index contributed by atoms with van der Waals surface area (Å²) in [6.45, 7) is 4.50. The van der Waals surface area contributed by atoms with E-state index in [-0.39, 0.29) is 6.61 Å². The number of aliphatic hydroxyl groups is 1. The topological polar surface area (TPSA) is 32.3 Å². The van der Waals surface area contributed by atoms with Crippen molar-refractivity contribution in [3.63, 3.8) is 0 Å². The van der Waals surface area contributed by atoms with Gasteiger partial charge in [0.1, 0.15) is 0 Å². The van der Waals surface area contributed by atoms with Crippen LogP contribution in [0.5, 0.6) is 0 Å². The van der Waals surface area contributed by atoms with E-state index in [1.165, 1.54) is 10.5 Å². The monoisotopic (exact) mass is 239 g/mol. The highest BCUT2D eigenvalue weighted by atomic mass is 32.2. The molecule has 16 heavy (non-hydrogen) atoms. The lowest BCUT2D eigenvalue weighted by molar-refractivity contribution is 0.264. The summed E-state index contributed by atoms with van der Waals surface area (Å²) in [5, 5.41) is 12.3. The summed E-state index contributed by atoms with van der Waals surface area (Å²) in [7, 11) is 0. The molecule has 2 nitrogen and oxygen atoms in total. The van der Waals surface area contributed by atoms with Crippen molar-refractivity contribution in [1.29, 1.82) is 0 Å². The van der Waals surface area contributed by atoms with Crippen LogP contribution in [0.1, 0.15) is 31.9 Å². The van der Waals surface area contributed by atoms with Crippen molar-refractivity contribution in [1.82, 2.24) is 5.32 Å². The standard InChI is InChI=1S/C13H21NOS/c1-10(8-9-15)14-11(2)12-4-6-13(16-3)7-5-12/h4-7,10-11,14-15H,8-9H2,1-3H3/t10-,11?/m1/s1. The molecule has 0 saturated heterocycles. The second-order valence-electron chi connectivity index (χ2n) is 4.07. The van der Waals surface area contributed by atoms with E-state index in [1.54, 1.807) is 11.8 Å². The van der Waals surface area contributed by atoms with Crippen LogP contribution in [0.2, 0.25) is 0 Å². The Labute approximate surface area is 102 Å². The van der Waals surface area contributed by atoms with E-state index < -0.39 is 0 Å². The van der Waals surface area contributed by atoms with Gasteiger partial charge in [0.15, 0.2) is 0 Å². The van der Waals surface area contributed by atoms with Crippen molar-refractivity contribution in [3.05, 3.63) is 29.8 Å². The third-order valence-electron chi connectivity index (χ3n) is 2.71. The second-order valence-corrected chi connectivity index (χ2v) is 4.95. The third kappa shape index (κ3) is 4.16. The van der Waals surface area contributed by atoms with Gasteiger partial charge >= 0.3 is 0 Å². The van der Waals surface area contributed by atoms with E-state index in [4.69, 9.17) is 5.11 Å². The minimum atomic E-state index is 0.242. The van der Waals surface area contributed by atoms with Crippen LogP contribution in [0.15, 0.2) is 29.2 Å². The molecule has 2 N–H and O–H groups in total. The quantitative estimate of drug-likeness (QED) is 0.749. The Morgan fingerprint density at radius 3 is 2.38 bits per heavy atom. The second kappa shape index (κ2) is 6.94. The molecule has 0 fully saturated rings. The van der Waals surface area contributed by atoms with Gasteiger partial charge in [-0.2, -0.15) is 0 Å². The average Bonchev–Trinajstić information content (AvgIpc) is 2.29. The van der Waals surface area contributed by atoms with Crippen LogP contribution in [0, 0.1) is 0 Å². The molecule has 0 aliphatic rings. The molecule has 1 aromatic rings. The van der Waals surface area contributed by atoms with E-state index in [2.05, 4.69) is 49.7 Å². The maximum atomic E-state index is 8.85. The summed E-state index contributed by atoms with van der Waals surface area (Å²) in [6.07, 6.45) is 2.88. The molecule has 0 aliphatic heterocycles. The van der Waals surface area contributed by atoms with Gasteiger partial charge in [-0.25, -0.2) is 0 Å². The number of rotatable bonds is 6. The molecule has 0 aromatic heterocycles. The molecule has 0 radical (unpaired) electrons. The Kier molecular flexibility index (Phi) is 5.88. The SMILES string of the molecule is CSc1ccc(C(C)N[C@H](C)CCO)cc1. The zero-order chi connectivity index (χ0) is 12.0. The maximum absolute atomic E-state index is 8.85. The molecule has 2 atom stereocenters. The van der Waals surface area contributed by atoms with Crippen molar-refractivity contribution >= 4 is 11.8 Å². The van der Waals surface area contributed by atoms with Crippen LogP contribution in [-0.4, -0.2) is 24.0 Å². The highest BCUT2D eigenvalue weighted by Gasteiger charge is 2.08. The molecular formula is C13H21NOS. The Balaban J connectivity index is 2.55. The fourth-order valence-corrected chi connectivity index (χ4v) is 2.10. The lowest BCUT2D eigenvalue weighted by Gasteiger charge is -2.19. The van der Waals surface area contributed by atoms with Crippen molar-refractivity contribution in [2.24, 2.45) is 0 Å². The van der Waals surface area contributed by atoms with E-state index in [0.29, 0.717) is 12.1 Å². The number of hydrogen-bond acceptors (Lipinski definition) is 3. The average molecular weight is 239 g/mol. The fraction of sp³-hybridized carbons (Fsp3) is 0.538. The smallest absolute Gasteiger partial charge is 0.0445 e. The lowest BCUT2D eigenvalue weighted by atomic mass is 10.1. The minimum absolute atomic E-state index is 0.242. The Hall–Kier alpha value is -0.510. The van der Waals surface area contributed by atoms with Crippen LogP contribution in [0.4, 0.5) is 0 Å². The zero-order valence-electron chi connectivity index (χ0n) is 10.2.